The lowest BCUT2D eigenvalue weighted by atomic mass is 10.0. The molecule has 94 valence electrons. The molecule has 0 amide bonds. The second-order valence-corrected chi connectivity index (χ2v) is 4.78. The first kappa shape index (κ1) is 12.3. The highest BCUT2D eigenvalue weighted by Gasteiger charge is 2.37. The molecule has 2 unspecified atom stereocenters. The summed E-state index contributed by atoms with van der Waals surface area (Å²) in [6, 6.07) is 1.43. The van der Waals surface area contributed by atoms with Crippen LogP contribution in [0.1, 0.15) is 51.5 Å². The second kappa shape index (κ2) is 5.48. The maximum Gasteiger partial charge on any atom is 0.225 e. The predicted octanol–water partition coefficient (Wildman–Crippen LogP) is 3.33. The Bertz CT molecular complexity index is 331. The van der Waals surface area contributed by atoms with E-state index in [-0.39, 0.29) is 0 Å². The fraction of sp³-hybridized carbons (Fsp3) is 0.714. The first-order chi connectivity index (χ1) is 8.34. The van der Waals surface area contributed by atoms with Gasteiger partial charge in [0.15, 0.2) is 0 Å². The van der Waals surface area contributed by atoms with Gasteiger partial charge in [0.2, 0.25) is 5.95 Å². The van der Waals surface area contributed by atoms with Gasteiger partial charge in [-0.2, -0.15) is 0 Å². The normalized spacial score (nSPS) is 26.4. The number of aryl methyl sites for hydroxylation is 1. The summed E-state index contributed by atoms with van der Waals surface area (Å²) in [6.07, 6.45) is 10.6. The van der Waals surface area contributed by atoms with Gasteiger partial charge >= 0.3 is 0 Å². The van der Waals surface area contributed by atoms with Crippen molar-refractivity contribution in [2.75, 3.05) is 4.90 Å². The zero-order chi connectivity index (χ0) is 12.3. The van der Waals surface area contributed by atoms with Crippen molar-refractivity contribution >= 4 is 5.95 Å². The van der Waals surface area contributed by atoms with Gasteiger partial charge in [-0.15, -0.1) is 0 Å². The molecule has 0 saturated carbocycles. The van der Waals surface area contributed by atoms with Crippen LogP contribution in [0.15, 0.2) is 12.4 Å². The monoisotopic (exact) mass is 233 g/mol. The summed E-state index contributed by atoms with van der Waals surface area (Å²) in [7, 11) is 0. The first-order valence-electron chi connectivity index (χ1n) is 6.91. The molecule has 0 aliphatic carbocycles. The maximum atomic E-state index is 4.46. The molecule has 3 nitrogen and oxygen atoms in total. The van der Waals surface area contributed by atoms with Gasteiger partial charge in [-0.05, 0) is 44.6 Å². The number of rotatable bonds is 1. The highest BCUT2D eigenvalue weighted by atomic mass is 15.3. The van der Waals surface area contributed by atoms with E-state index in [4.69, 9.17) is 0 Å². The Morgan fingerprint density at radius 3 is 2.06 bits per heavy atom. The number of piperidine rings is 1. The Morgan fingerprint density at radius 2 is 1.53 bits per heavy atom. The summed E-state index contributed by atoms with van der Waals surface area (Å²) < 4.78 is 0. The van der Waals surface area contributed by atoms with Crippen LogP contribution in [0.3, 0.4) is 0 Å². The van der Waals surface area contributed by atoms with Gasteiger partial charge in [0.1, 0.15) is 0 Å². The Morgan fingerprint density at radius 1 is 1.00 bits per heavy atom. The van der Waals surface area contributed by atoms with Crippen molar-refractivity contribution in [1.82, 2.24) is 9.97 Å². The van der Waals surface area contributed by atoms with Gasteiger partial charge in [0, 0.05) is 24.5 Å². The fourth-order valence-corrected chi connectivity index (χ4v) is 2.96. The molecule has 2 aliphatic rings. The SMILES string of the molecule is CC.Cc1cnc(N2C3CCCC2CC3)nc1. The van der Waals surface area contributed by atoms with Crippen LogP contribution in [0.4, 0.5) is 5.95 Å². The molecule has 3 heteroatoms. The van der Waals surface area contributed by atoms with E-state index in [0.717, 1.165) is 11.5 Å². The molecule has 2 atom stereocenters. The van der Waals surface area contributed by atoms with Crippen LogP contribution < -0.4 is 4.90 Å². The van der Waals surface area contributed by atoms with Crippen LogP contribution in [-0.2, 0) is 0 Å². The molecule has 0 spiro atoms. The third kappa shape index (κ3) is 2.43. The van der Waals surface area contributed by atoms with Crippen molar-refractivity contribution in [3.8, 4) is 0 Å². The molecule has 2 aliphatic heterocycles. The lowest BCUT2D eigenvalue weighted by Crippen LogP contribution is -2.40. The van der Waals surface area contributed by atoms with Crippen molar-refractivity contribution in [3.05, 3.63) is 18.0 Å². The average Bonchev–Trinajstić information content (AvgIpc) is 2.63. The Balaban J connectivity index is 0.000000514. The topological polar surface area (TPSA) is 29.0 Å². The van der Waals surface area contributed by atoms with Crippen LogP contribution in [0.5, 0.6) is 0 Å². The van der Waals surface area contributed by atoms with Crippen LogP contribution in [0, 0.1) is 6.92 Å². The van der Waals surface area contributed by atoms with E-state index in [1.54, 1.807) is 0 Å². The Labute approximate surface area is 104 Å². The molecule has 17 heavy (non-hydrogen) atoms. The molecule has 2 bridgehead atoms. The molecule has 2 fully saturated rings. The zero-order valence-electron chi connectivity index (χ0n) is 11.2. The van der Waals surface area contributed by atoms with Crippen molar-refractivity contribution in [3.63, 3.8) is 0 Å². The van der Waals surface area contributed by atoms with Gasteiger partial charge in [0.05, 0.1) is 0 Å². The molecule has 1 aromatic heterocycles. The van der Waals surface area contributed by atoms with E-state index < -0.39 is 0 Å². The van der Waals surface area contributed by atoms with E-state index in [1.165, 1.54) is 32.1 Å². The summed E-state index contributed by atoms with van der Waals surface area (Å²) >= 11 is 0. The van der Waals surface area contributed by atoms with Gasteiger partial charge in [0.25, 0.3) is 0 Å². The van der Waals surface area contributed by atoms with E-state index in [0.29, 0.717) is 12.1 Å². The first-order valence-corrected chi connectivity index (χ1v) is 6.91. The molecule has 0 N–H and O–H groups in total. The van der Waals surface area contributed by atoms with Crippen molar-refractivity contribution in [1.29, 1.82) is 0 Å². The molecule has 1 aromatic rings. The molecule has 0 radical (unpaired) electrons. The van der Waals surface area contributed by atoms with E-state index in [2.05, 4.69) is 14.9 Å². The Hall–Kier alpha value is -1.12. The lowest BCUT2D eigenvalue weighted by molar-refractivity contribution is 0.460. The summed E-state index contributed by atoms with van der Waals surface area (Å²) in [6.45, 7) is 6.04. The van der Waals surface area contributed by atoms with Gasteiger partial charge in [-0.25, -0.2) is 9.97 Å². The number of fused-ring (bicyclic) bond motifs is 2. The van der Waals surface area contributed by atoms with Crippen molar-refractivity contribution in [2.24, 2.45) is 0 Å². The molecule has 0 aromatic carbocycles. The van der Waals surface area contributed by atoms with Crippen LogP contribution in [0.25, 0.3) is 0 Å². The Kier molecular flexibility index (Phi) is 3.97. The standard InChI is InChI=1S/C12H17N3.C2H6/c1-9-7-13-12(14-8-9)15-10-3-2-4-11(15)6-5-10;1-2/h7-8,10-11H,2-6H2,1H3;1-2H3. The van der Waals surface area contributed by atoms with Crippen molar-refractivity contribution < 1.29 is 0 Å². The van der Waals surface area contributed by atoms with Gasteiger partial charge in [-0.1, -0.05) is 13.8 Å². The van der Waals surface area contributed by atoms with Crippen LogP contribution in [0.2, 0.25) is 0 Å². The highest BCUT2D eigenvalue weighted by molar-refractivity contribution is 5.36. The molecular weight excluding hydrogens is 210 g/mol. The summed E-state index contributed by atoms with van der Waals surface area (Å²) in [5.74, 6) is 0.952. The minimum atomic E-state index is 0.714. The highest BCUT2D eigenvalue weighted by Crippen LogP contribution is 2.37. The minimum Gasteiger partial charge on any atom is -0.335 e. The smallest absolute Gasteiger partial charge is 0.225 e. The summed E-state index contributed by atoms with van der Waals surface area (Å²) in [5, 5.41) is 0. The molecule has 3 rings (SSSR count). The molecular formula is C14H23N3. The third-order valence-electron chi connectivity index (χ3n) is 3.69. The quantitative estimate of drug-likeness (QED) is 0.745. The maximum absolute atomic E-state index is 4.46. The van der Waals surface area contributed by atoms with Crippen molar-refractivity contribution in [2.45, 2.75) is 65.0 Å². The van der Waals surface area contributed by atoms with Crippen LogP contribution in [-0.4, -0.2) is 22.1 Å². The largest absolute Gasteiger partial charge is 0.335 e. The van der Waals surface area contributed by atoms with Gasteiger partial charge in [-0.3, -0.25) is 0 Å². The second-order valence-electron chi connectivity index (χ2n) is 4.78. The van der Waals surface area contributed by atoms with E-state index >= 15 is 0 Å². The molecule has 2 saturated heterocycles. The number of nitrogens with zero attached hydrogens (tertiary/aromatic N) is 3. The fourth-order valence-electron chi connectivity index (χ4n) is 2.96. The average molecular weight is 233 g/mol. The van der Waals surface area contributed by atoms with E-state index in [9.17, 15) is 0 Å². The number of hydrogen-bond acceptors (Lipinski definition) is 3. The van der Waals surface area contributed by atoms with Gasteiger partial charge < -0.3 is 4.90 Å². The van der Waals surface area contributed by atoms with Crippen LogP contribution >= 0.6 is 0 Å². The third-order valence-corrected chi connectivity index (χ3v) is 3.69. The number of hydrogen-bond donors (Lipinski definition) is 0. The minimum absolute atomic E-state index is 0.714. The summed E-state index contributed by atoms with van der Waals surface area (Å²) in [5.41, 5.74) is 1.14. The predicted molar refractivity (Wildman–Crippen MR) is 71.3 cm³/mol. The number of anilines is 1. The number of aromatic nitrogens is 2. The summed E-state index contributed by atoms with van der Waals surface area (Å²) in [4.78, 5) is 11.4. The molecule has 3 heterocycles. The lowest BCUT2D eigenvalue weighted by Gasteiger charge is -2.34. The zero-order valence-corrected chi connectivity index (χ0v) is 11.2. The van der Waals surface area contributed by atoms with E-state index in [1.807, 2.05) is 33.2 Å².